The average Bonchev–Trinajstić information content (AvgIpc) is 3.34. The minimum Gasteiger partial charge on any atom is -0.481 e. The zero-order chi connectivity index (χ0) is 24.8. The minimum absolute atomic E-state index is 0.251. The number of nitrogens with zero attached hydrogens (tertiary/aromatic N) is 4. The third-order valence-corrected chi connectivity index (χ3v) is 6.64. The van der Waals surface area contributed by atoms with E-state index in [4.69, 9.17) is 4.84 Å². The van der Waals surface area contributed by atoms with Gasteiger partial charge in [0.25, 0.3) is 0 Å². The van der Waals surface area contributed by atoms with Crippen LogP contribution in [0.15, 0.2) is 60.0 Å². The Bertz CT molecular complexity index is 1210. The van der Waals surface area contributed by atoms with E-state index in [-0.39, 0.29) is 5.92 Å². The maximum Gasteiger partial charge on any atom is 0.307 e. The van der Waals surface area contributed by atoms with Gasteiger partial charge in [0.1, 0.15) is 6.61 Å². The van der Waals surface area contributed by atoms with E-state index in [1.807, 2.05) is 19.1 Å². The lowest BCUT2D eigenvalue weighted by Crippen LogP contribution is -2.23. The highest BCUT2D eigenvalue weighted by Crippen LogP contribution is 2.24. The van der Waals surface area contributed by atoms with E-state index < -0.39 is 5.97 Å². The molecular formula is C28H32N4O3. The van der Waals surface area contributed by atoms with Crippen LogP contribution in [0.3, 0.4) is 0 Å². The van der Waals surface area contributed by atoms with Crippen LogP contribution in [0.4, 0.5) is 0 Å². The summed E-state index contributed by atoms with van der Waals surface area (Å²) in [5, 5.41) is 21.4. The number of aliphatic carboxylic acids is 1. The number of aryl methyl sites for hydroxylation is 2. The lowest BCUT2D eigenvalue weighted by atomic mass is 9.99. The SMILES string of the molecule is CCc1cc(C(C)=NOCc2ccc(-c3ccnnc3)c(C)c2)ccc1CN1CCC(C(=O)O)C1. The second-order valence-corrected chi connectivity index (χ2v) is 9.13. The van der Waals surface area contributed by atoms with Crippen LogP contribution in [0.5, 0.6) is 0 Å². The van der Waals surface area contributed by atoms with Crippen molar-refractivity contribution in [1.29, 1.82) is 0 Å². The van der Waals surface area contributed by atoms with Crippen LogP contribution < -0.4 is 0 Å². The maximum atomic E-state index is 11.3. The van der Waals surface area contributed by atoms with E-state index in [0.29, 0.717) is 13.2 Å². The molecule has 0 amide bonds. The zero-order valence-corrected chi connectivity index (χ0v) is 20.6. The second kappa shape index (κ2) is 11.2. The molecule has 4 rings (SSSR count). The van der Waals surface area contributed by atoms with Crippen molar-refractivity contribution in [2.24, 2.45) is 11.1 Å². The van der Waals surface area contributed by atoms with E-state index in [0.717, 1.165) is 59.5 Å². The number of likely N-dealkylation sites (tertiary alicyclic amines) is 1. The summed E-state index contributed by atoms with van der Waals surface area (Å²) in [6, 6.07) is 14.6. The first-order valence-electron chi connectivity index (χ1n) is 12.0. The third-order valence-electron chi connectivity index (χ3n) is 6.64. The Labute approximate surface area is 206 Å². The van der Waals surface area contributed by atoms with Crippen molar-refractivity contribution in [2.45, 2.75) is 46.8 Å². The van der Waals surface area contributed by atoms with Crippen LogP contribution in [-0.2, 0) is 29.2 Å². The number of carboxylic acid groups (broad SMARTS) is 1. The second-order valence-electron chi connectivity index (χ2n) is 9.13. The van der Waals surface area contributed by atoms with Crippen molar-refractivity contribution in [3.8, 4) is 11.1 Å². The maximum absolute atomic E-state index is 11.3. The molecule has 7 nitrogen and oxygen atoms in total. The van der Waals surface area contributed by atoms with Crippen LogP contribution in [0.2, 0.25) is 0 Å². The fourth-order valence-electron chi connectivity index (χ4n) is 4.60. The fourth-order valence-corrected chi connectivity index (χ4v) is 4.60. The molecule has 0 radical (unpaired) electrons. The Balaban J connectivity index is 1.38. The standard InChI is InChI=1S/C28H32N4O3/c1-4-22-14-23(6-7-25(22)16-32-12-10-26(17-32)28(33)34)20(3)31-35-18-21-5-8-27(19(2)13-21)24-9-11-29-30-15-24/h5-9,11,13-15,26H,4,10,12,16-18H2,1-3H3,(H,33,34). The summed E-state index contributed by atoms with van der Waals surface area (Å²) in [5.41, 5.74) is 8.74. The van der Waals surface area contributed by atoms with Crippen LogP contribution in [0, 0.1) is 12.8 Å². The van der Waals surface area contributed by atoms with E-state index in [9.17, 15) is 9.90 Å². The van der Waals surface area contributed by atoms with Crippen LogP contribution in [-0.4, -0.2) is 45.0 Å². The Morgan fingerprint density at radius 1 is 1.17 bits per heavy atom. The normalized spacial score (nSPS) is 16.4. The summed E-state index contributed by atoms with van der Waals surface area (Å²) in [6.07, 6.45) is 5.09. The van der Waals surface area contributed by atoms with Gasteiger partial charge in [-0.3, -0.25) is 9.69 Å². The van der Waals surface area contributed by atoms with Gasteiger partial charge in [0.2, 0.25) is 0 Å². The quantitative estimate of drug-likeness (QED) is 0.353. The monoisotopic (exact) mass is 472 g/mol. The molecule has 1 aliphatic heterocycles. The molecule has 2 heterocycles. The molecule has 2 aromatic carbocycles. The van der Waals surface area contributed by atoms with Crippen LogP contribution >= 0.6 is 0 Å². The van der Waals surface area contributed by atoms with Gasteiger partial charge in [-0.15, -0.1) is 0 Å². The molecule has 1 saturated heterocycles. The average molecular weight is 473 g/mol. The van der Waals surface area contributed by atoms with Crippen molar-refractivity contribution in [3.05, 3.63) is 82.7 Å². The summed E-state index contributed by atoms with van der Waals surface area (Å²) >= 11 is 0. The zero-order valence-electron chi connectivity index (χ0n) is 20.6. The number of aromatic nitrogens is 2. The minimum atomic E-state index is -0.692. The van der Waals surface area contributed by atoms with Crippen molar-refractivity contribution in [1.82, 2.24) is 15.1 Å². The number of benzene rings is 2. The first-order valence-corrected chi connectivity index (χ1v) is 12.0. The van der Waals surface area contributed by atoms with Gasteiger partial charge in [0.05, 0.1) is 24.0 Å². The van der Waals surface area contributed by atoms with Crippen molar-refractivity contribution < 1.29 is 14.7 Å². The number of oxime groups is 1. The molecular weight excluding hydrogens is 440 g/mol. The number of hydrogen-bond donors (Lipinski definition) is 1. The lowest BCUT2D eigenvalue weighted by Gasteiger charge is -2.18. The largest absolute Gasteiger partial charge is 0.481 e. The molecule has 0 bridgehead atoms. The van der Waals surface area contributed by atoms with Crippen LogP contribution in [0.1, 0.15) is 48.1 Å². The smallest absolute Gasteiger partial charge is 0.307 e. The van der Waals surface area contributed by atoms with Gasteiger partial charge in [-0.2, -0.15) is 10.2 Å². The van der Waals surface area contributed by atoms with E-state index >= 15 is 0 Å². The highest BCUT2D eigenvalue weighted by atomic mass is 16.6. The molecule has 1 aromatic heterocycles. The molecule has 1 fully saturated rings. The molecule has 7 heteroatoms. The van der Waals surface area contributed by atoms with Crippen molar-refractivity contribution in [3.63, 3.8) is 0 Å². The van der Waals surface area contributed by atoms with E-state index in [2.05, 4.69) is 64.4 Å². The van der Waals surface area contributed by atoms with Gasteiger partial charge in [-0.25, -0.2) is 0 Å². The summed E-state index contributed by atoms with van der Waals surface area (Å²) < 4.78 is 0. The Morgan fingerprint density at radius 3 is 2.71 bits per heavy atom. The van der Waals surface area contributed by atoms with Crippen molar-refractivity contribution >= 4 is 11.7 Å². The van der Waals surface area contributed by atoms with Gasteiger partial charge in [-0.05, 0) is 78.7 Å². The number of carboxylic acids is 1. The summed E-state index contributed by atoms with van der Waals surface area (Å²) in [5.74, 6) is -0.943. The van der Waals surface area contributed by atoms with E-state index in [1.54, 1.807) is 12.4 Å². The van der Waals surface area contributed by atoms with Gasteiger partial charge in [0.15, 0.2) is 0 Å². The molecule has 1 unspecified atom stereocenters. The Morgan fingerprint density at radius 2 is 2.03 bits per heavy atom. The molecule has 0 aliphatic carbocycles. The highest BCUT2D eigenvalue weighted by molar-refractivity contribution is 5.98. The topological polar surface area (TPSA) is 87.9 Å². The van der Waals surface area contributed by atoms with Gasteiger partial charge in [-0.1, -0.05) is 42.4 Å². The molecule has 3 aromatic rings. The molecule has 182 valence electrons. The number of hydrogen-bond acceptors (Lipinski definition) is 6. The van der Waals surface area contributed by atoms with Gasteiger partial charge >= 0.3 is 5.97 Å². The van der Waals surface area contributed by atoms with Crippen LogP contribution in [0.25, 0.3) is 11.1 Å². The predicted octanol–water partition coefficient (Wildman–Crippen LogP) is 4.86. The van der Waals surface area contributed by atoms with Gasteiger partial charge < -0.3 is 9.94 Å². The number of carbonyl (C=O) groups is 1. The first-order chi connectivity index (χ1) is 16.9. The van der Waals surface area contributed by atoms with Crippen molar-refractivity contribution in [2.75, 3.05) is 13.1 Å². The molecule has 1 aliphatic rings. The molecule has 0 spiro atoms. The molecule has 35 heavy (non-hydrogen) atoms. The molecule has 1 atom stereocenters. The summed E-state index contributed by atoms with van der Waals surface area (Å²) in [7, 11) is 0. The third kappa shape index (κ3) is 6.11. The molecule has 0 saturated carbocycles. The predicted molar refractivity (Wildman–Crippen MR) is 136 cm³/mol. The van der Waals surface area contributed by atoms with E-state index in [1.165, 1.54) is 11.1 Å². The summed E-state index contributed by atoms with van der Waals surface area (Å²) in [4.78, 5) is 19.2. The fraction of sp³-hybridized carbons (Fsp3) is 0.357. The lowest BCUT2D eigenvalue weighted by molar-refractivity contribution is -0.141. The Kier molecular flexibility index (Phi) is 7.87. The Hall–Kier alpha value is -3.58. The summed E-state index contributed by atoms with van der Waals surface area (Å²) in [6.45, 7) is 8.80. The van der Waals surface area contributed by atoms with Gasteiger partial charge in [0, 0.05) is 18.7 Å². The highest BCUT2D eigenvalue weighted by Gasteiger charge is 2.28. The first kappa shape index (κ1) is 24.5. The molecule has 1 N–H and O–H groups in total. The number of rotatable bonds is 9.